The smallest absolute Gasteiger partial charge is 0.850 e. The van der Waals surface area contributed by atoms with Crippen molar-refractivity contribution in [2.45, 2.75) is 105 Å². The minimum Gasteiger partial charge on any atom is -0.850 e. The first kappa shape index (κ1) is 54.9. The zero-order valence-electron chi connectivity index (χ0n) is 33.1. The first-order valence-electron chi connectivity index (χ1n) is 16.3. The summed E-state index contributed by atoms with van der Waals surface area (Å²) in [6.45, 7) is 15.1. The van der Waals surface area contributed by atoms with Crippen molar-refractivity contribution < 1.29 is 108 Å². The van der Waals surface area contributed by atoms with Crippen LogP contribution in [-0.4, -0.2) is 52.8 Å². The van der Waals surface area contributed by atoms with Crippen molar-refractivity contribution in [3.63, 3.8) is 0 Å². The molecule has 0 heterocycles. The van der Waals surface area contributed by atoms with E-state index >= 15 is 0 Å². The number of esters is 2. The van der Waals surface area contributed by atoms with Gasteiger partial charge in [-0.3, -0.25) is 23.6 Å². The van der Waals surface area contributed by atoms with E-state index in [0.29, 0.717) is 5.33 Å². The summed E-state index contributed by atoms with van der Waals surface area (Å²) >= 11 is 3.01. The number of ether oxygens (including phenoxy) is 2. The first-order chi connectivity index (χ1) is 24.2. The van der Waals surface area contributed by atoms with Gasteiger partial charge >= 0.3 is 63.3 Å². The molecule has 0 bridgehead atoms. The van der Waals surface area contributed by atoms with Gasteiger partial charge in [-0.25, -0.2) is 17.6 Å². The summed E-state index contributed by atoms with van der Waals surface area (Å²) in [4.78, 5) is 47.2. The zero-order valence-corrected chi connectivity index (χ0v) is 36.8. The molecule has 2 rings (SSSR count). The molecule has 14 heteroatoms. The van der Waals surface area contributed by atoms with Gasteiger partial charge in [0.1, 0.15) is 34.5 Å². The number of terminal acetylenes is 2. The van der Waals surface area contributed by atoms with Crippen LogP contribution in [0.1, 0.15) is 110 Å². The van der Waals surface area contributed by atoms with Gasteiger partial charge in [0, 0.05) is 18.8 Å². The molecule has 7 nitrogen and oxygen atoms in total. The Labute approximate surface area is 363 Å². The molecule has 0 N–H and O–H groups in total. The minimum atomic E-state index is -1.00. The number of alkyl halides is 2. The number of Topliss-reactive ketones (excluding diaryl/α,β-unsaturated/α-hetero) is 2. The van der Waals surface area contributed by atoms with Gasteiger partial charge in [0.25, 0.3) is 0 Å². The number of halogens is 6. The Morgan fingerprint density at radius 1 is 0.792 bits per heavy atom. The van der Waals surface area contributed by atoms with Crippen LogP contribution >= 0.6 is 15.9 Å². The maximum absolute atomic E-state index is 13.7. The molecule has 1 unspecified atom stereocenters. The van der Waals surface area contributed by atoms with Gasteiger partial charge in [-0.05, 0) is 77.9 Å². The van der Waals surface area contributed by atoms with Gasteiger partial charge in [0.2, 0.25) is 0 Å². The number of carbonyl (C=O) groups excluding carboxylic acids is 4. The maximum Gasteiger partial charge on any atom is 1.00 e. The number of hydrogen-bond acceptors (Lipinski definition) is 7. The van der Waals surface area contributed by atoms with Crippen molar-refractivity contribution in [2.24, 2.45) is 5.92 Å². The summed E-state index contributed by atoms with van der Waals surface area (Å²) < 4.78 is 78.7. The third-order valence-corrected chi connectivity index (χ3v) is 5.37. The molecule has 0 amide bonds. The molecule has 53 heavy (non-hydrogen) atoms. The van der Waals surface area contributed by atoms with Crippen LogP contribution in [0.15, 0.2) is 36.4 Å². The van der Waals surface area contributed by atoms with Crippen molar-refractivity contribution in [2.75, 3.05) is 12.5 Å². The predicted octanol–water partition coefficient (Wildman–Crippen LogP) is 5.54. The summed E-state index contributed by atoms with van der Waals surface area (Å²) in [5, 5.41) is 10.8. The molecule has 0 saturated heterocycles. The van der Waals surface area contributed by atoms with E-state index in [-0.39, 0.29) is 82.6 Å². The Morgan fingerprint density at radius 2 is 1.17 bits per heavy atom. The van der Waals surface area contributed by atoms with Crippen LogP contribution in [0.5, 0.6) is 0 Å². The van der Waals surface area contributed by atoms with E-state index in [1.807, 2.05) is 0 Å². The van der Waals surface area contributed by atoms with Gasteiger partial charge in [-0.2, -0.15) is 0 Å². The van der Waals surface area contributed by atoms with Gasteiger partial charge in [-0.15, -0.1) is 24.4 Å². The number of carbonyl (C=O) groups is 4. The summed E-state index contributed by atoms with van der Waals surface area (Å²) in [5.41, 5.74) is -2.85. The SMILES string of the molecule is C#CCBr.C#CCC(CC(=O)OC(C)(C)C)C(=O)c1cc(F)ccc1F.CC(C)(C)OC(=O)CCC(=O)c1cc(F)ccc1F.CC(C)(C)[O-].[2H]CF.[K+]. The minimum absolute atomic E-state index is 0. The van der Waals surface area contributed by atoms with E-state index in [2.05, 4.69) is 27.8 Å². The van der Waals surface area contributed by atoms with Crippen LogP contribution in [0.4, 0.5) is 22.0 Å². The fraction of sp³-hybridized carbons (Fsp3) is 0.487. The third kappa shape index (κ3) is 32.7. The van der Waals surface area contributed by atoms with Crippen LogP contribution in [0.2, 0.25) is 0 Å². The number of ketones is 2. The average Bonchev–Trinajstić information content (AvgIpc) is 3.00. The Hall–Kier alpha value is -2.43. The third-order valence-electron chi connectivity index (χ3n) is 5.04. The second-order valence-corrected chi connectivity index (χ2v) is 14.0. The fourth-order valence-corrected chi connectivity index (χ4v) is 3.34. The molecule has 0 radical (unpaired) electrons. The van der Waals surface area contributed by atoms with Crippen LogP contribution in [0, 0.1) is 53.9 Å². The predicted molar refractivity (Wildman–Crippen MR) is 193 cm³/mol. The van der Waals surface area contributed by atoms with E-state index in [0.717, 1.165) is 36.4 Å². The van der Waals surface area contributed by atoms with Crippen LogP contribution in [0.3, 0.4) is 0 Å². The molecule has 2 aromatic carbocycles. The van der Waals surface area contributed by atoms with E-state index in [9.17, 15) is 46.2 Å². The number of rotatable bonds is 9. The van der Waals surface area contributed by atoms with Crippen molar-refractivity contribution >= 4 is 39.4 Å². The summed E-state index contributed by atoms with van der Waals surface area (Å²) in [5.74, 6) is -1.88. The quantitative estimate of drug-likeness (QED) is 0.0816. The van der Waals surface area contributed by atoms with E-state index in [1.165, 1.54) is 0 Å². The van der Waals surface area contributed by atoms with E-state index < -0.39 is 82.2 Å². The molecule has 1 atom stereocenters. The molecule has 0 saturated carbocycles. The Morgan fingerprint density at radius 3 is 1.55 bits per heavy atom. The molecular weight excluding hydrogens is 794 g/mol. The number of hydrogen-bond donors (Lipinski definition) is 0. The Bertz CT molecular complexity index is 1530. The van der Waals surface area contributed by atoms with E-state index in [1.54, 1.807) is 62.3 Å². The normalized spacial score (nSPS) is 11.0. The van der Waals surface area contributed by atoms with Crippen molar-refractivity contribution in [3.8, 4) is 24.7 Å². The molecular formula is C39H49BrF5KO7. The fourth-order valence-electron chi connectivity index (χ4n) is 3.34. The zero-order chi connectivity index (χ0) is 42.2. The maximum atomic E-state index is 13.7. The van der Waals surface area contributed by atoms with Crippen molar-refractivity contribution in [1.82, 2.24) is 0 Å². The second kappa shape index (κ2) is 28.9. The van der Waals surface area contributed by atoms with Gasteiger partial charge in [0.05, 0.1) is 37.8 Å². The monoisotopic (exact) mass is 843 g/mol. The van der Waals surface area contributed by atoms with Crippen LogP contribution in [0.25, 0.3) is 0 Å². The van der Waals surface area contributed by atoms with Crippen LogP contribution < -0.4 is 56.5 Å². The average molecular weight is 845 g/mol. The van der Waals surface area contributed by atoms with Gasteiger partial charge < -0.3 is 14.6 Å². The molecule has 0 aliphatic carbocycles. The largest absolute Gasteiger partial charge is 1.00 e. The Balaban J connectivity index is -0.000000353. The first-order valence-corrected chi connectivity index (χ1v) is 16.7. The van der Waals surface area contributed by atoms with Gasteiger partial charge in [-0.1, -0.05) is 42.6 Å². The Kier molecular flexibility index (Phi) is 30.0. The van der Waals surface area contributed by atoms with E-state index in [4.69, 9.17) is 23.7 Å². The topological polar surface area (TPSA) is 110 Å². The molecule has 0 fully saturated rings. The summed E-state index contributed by atoms with van der Waals surface area (Å²) in [7, 11) is -1.00. The second-order valence-electron chi connectivity index (χ2n) is 13.5. The van der Waals surface area contributed by atoms with Crippen LogP contribution in [-0.2, 0) is 19.1 Å². The molecule has 0 aliphatic heterocycles. The summed E-state index contributed by atoms with van der Waals surface area (Å²) in [6, 6.07) is 5.22. The van der Waals surface area contributed by atoms with Crippen molar-refractivity contribution in [3.05, 3.63) is 70.8 Å². The molecule has 0 spiro atoms. The molecule has 2 aromatic rings. The summed E-state index contributed by atoms with van der Waals surface area (Å²) in [6.07, 6.45) is 9.21. The molecule has 290 valence electrons. The molecule has 0 aliphatic rings. The van der Waals surface area contributed by atoms with Crippen molar-refractivity contribution in [1.29, 1.82) is 0 Å². The standard InChI is InChI=1S/C17H18F2O3.C14H16F2O3.C4H9O.C3H3Br.CH3F.K/c1-5-6-11(9-15(20)22-17(2,3)4)16(21)13-10-12(18)7-8-14(13)19;1-14(2,3)19-13(18)7-6-12(17)10-8-9(15)4-5-11(10)16;1-4(2,3)5;1-2-3-4;1-2;/h1,7-8,10-11H,6,9H2,2-4H3;4-5,8H,6-7H2,1-3H3;1-3H3;1H,3H2;1H3;/q;;-1;;;+1/i;;;;1D;. The molecule has 0 aromatic heterocycles. The van der Waals surface area contributed by atoms with Gasteiger partial charge in [0.15, 0.2) is 11.6 Å². The number of benzene rings is 2.